The van der Waals surface area contributed by atoms with Crippen molar-refractivity contribution in [2.45, 2.75) is 39.5 Å². The van der Waals surface area contributed by atoms with Gasteiger partial charge in [0.15, 0.2) is 0 Å². The van der Waals surface area contributed by atoms with E-state index in [9.17, 15) is 9.59 Å². The first-order valence-electron chi connectivity index (χ1n) is 9.19. The second-order valence-electron chi connectivity index (χ2n) is 6.89. The summed E-state index contributed by atoms with van der Waals surface area (Å²) in [6, 6.07) is 14.7. The molecule has 4 heteroatoms. The average Bonchev–Trinajstić information content (AvgIpc) is 2.66. The fourth-order valence-electron chi connectivity index (χ4n) is 2.67. The van der Waals surface area contributed by atoms with E-state index in [2.05, 4.69) is 26.1 Å². The molecule has 138 valence electrons. The topological polar surface area (TPSA) is 49.4 Å². The second kappa shape index (κ2) is 9.18. The Labute approximate surface area is 156 Å². The number of carbonyl (C=O) groups excluding carboxylic acids is 2. The van der Waals surface area contributed by atoms with Gasteiger partial charge in [-0.1, -0.05) is 45.4 Å². The molecule has 0 atom stereocenters. The fourth-order valence-corrected chi connectivity index (χ4v) is 2.67. The van der Waals surface area contributed by atoms with Crippen LogP contribution in [0.5, 0.6) is 0 Å². The van der Waals surface area contributed by atoms with Gasteiger partial charge in [0.1, 0.15) is 0 Å². The summed E-state index contributed by atoms with van der Waals surface area (Å²) in [4.78, 5) is 26.7. The molecular formula is C22H28N2O2. The Kier molecular flexibility index (Phi) is 6.96. The maximum atomic E-state index is 12.5. The quantitative estimate of drug-likeness (QED) is 0.768. The Balaban J connectivity index is 2.08. The molecular weight excluding hydrogens is 324 g/mol. The van der Waals surface area contributed by atoms with Gasteiger partial charge < -0.3 is 10.2 Å². The molecule has 0 spiro atoms. The summed E-state index contributed by atoms with van der Waals surface area (Å²) in [6.45, 7) is 7.08. The predicted octanol–water partition coefficient (Wildman–Crippen LogP) is 4.93. The van der Waals surface area contributed by atoms with E-state index in [4.69, 9.17) is 0 Å². The first-order chi connectivity index (χ1) is 12.4. The molecule has 4 nitrogen and oxygen atoms in total. The van der Waals surface area contributed by atoms with E-state index in [1.54, 1.807) is 36.2 Å². The molecule has 0 saturated carbocycles. The minimum absolute atomic E-state index is 0.0608. The van der Waals surface area contributed by atoms with Crippen LogP contribution in [-0.2, 0) is 0 Å². The highest BCUT2D eigenvalue weighted by Crippen LogP contribution is 2.18. The van der Waals surface area contributed by atoms with Crippen molar-refractivity contribution in [2.24, 2.45) is 0 Å². The average molecular weight is 352 g/mol. The van der Waals surface area contributed by atoms with E-state index in [1.807, 2.05) is 24.3 Å². The summed E-state index contributed by atoms with van der Waals surface area (Å²) in [6.07, 6.45) is 2.00. The van der Waals surface area contributed by atoms with Gasteiger partial charge in [-0.2, -0.15) is 0 Å². The van der Waals surface area contributed by atoms with Crippen LogP contribution >= 0.6 is 0 Å². The van der Waals surface area contributed by atoms with Crippen molar-refractivity contribution in [3.05, 3.63) is 65.2 Å². The van der Waals surface area contributed by atoms with Crippen molar-refractivity contribution in [3.63, 3.8) is 0 Å². The first-order valence-corrected chi connectivity index (χ1v) is 9.19. The summed E-state index contributed by atoms with van der Waals surface area (Å²) < 4.78 is 0. The Bertz CT molecular complexity index is 751. The number of nitrogens with zero attached hydrogens (tertiary/aromatic N) is 1. The highest BCUT2D eigenvalue weighted by Gasteiger charge is 2.14. The SMILES string of the molecule is CCCCN(C)C(=O)c1cccc(C(=O)Nc2ccc(C(C)C)cc2)c1. The van der Waals surface area contributed by atoms with Crippen LogP contribution < -0.4 is 5.32 Å². The lowest BCUT2D eigenvalue weighted by Gasteiger charge is -2.17. The smallest absolute Gasteiger partial charge is 0.255 e. The third-order valence-electron chi connectivity index (χ3n) is 4.40. The number of anilines is 1. The largest absolute Gasteiger partial charge is 0.342 e. The van der Waals surface area contributed by atoms with Gasteiger partial charge in [0.05, 0.1) is 0 Å². The summed E-state index contributed by atoms with van der Waals surface area (Å²) in [5.41, 5.74) is 2.99. The van der Waals surface area contributed by atoms with Gasteiger partial charge in [-0.15, -0.1) is 0 Å². The van der Waals surface area contributed by atoms with Gasteiger partial charge in [0, 0.05) is 30.4 Å². The van der Waals surface area contributed by atoms with Gasteiger partial charge in [0.2, 0.25) is 0 Å². The zero-order valence-electron chi connectivity index (χ0n) is 16.1. The van der Waals surface area contributed by atoms with Crippen LogP contribution in [-0.4, -0.2) is 30.3 Å². The van der Waals surface area contributed by atoms with Crippen LogP contribution in [0.25, 0.3) is 0 Å². The summed E-state index contributed by atoms with van der Waals surface area (Å²) in [5.74, 6) is 0.176. The van der Waals surface area contributed by atoms with Crippen molar-refractivity contribution < 1.29 is 9.59 Å². The molecule has 0 radical (unpaired) electrons. The first kappa shape index (κ1) is 19.7. The molecule has 2 aromatic carbocycles. The molecule has 2 aromatic rings. The van der Waals surface area contributed by atoms with Crippen molar-refractivity contribution in [1.82, 2.24) is 4.90 Å². The van der Waals surface area contributed by atoms with Crippen LogP contribution in [0.3, 0.4) is 0 Å². The third kappa shape index (κ3) is 5.19. The summed E-state index contributed by atoms with van der Waals surface area (Å²) >= 11 is 0. The lowest BCUT2D eigenvalue weighted by molar-refractivity contribution is 0.0793. The highest BCUT2D eigenvalue weighted by atomic mass is 16.2. The predicted molar refractivity (Wildman–Crippen MR) is 107 cm³/mol. The van der Waals surface area contributed by atoms with Gasteiger partial charge in [-0.3, -0.25) is 9.59 Å². The zero-order chi connectivity index (χ0) is 19.1. The number of benzene rings is 2. The van der Waals surface area contributed by atoms with E-state index in [-0.39, 0.29) is 11.8 Å². The third-order valence-corrected chi connectivity index (χ3v) is 4.40. The maximum absolute atomic E-state index is 12.5. The molecule has 0 bridgehead atoms. The van der Waals surface area contributed by atoms with E-state index >= 15 is 0 Å². The molecule has 2 rings (SSSR count). The number of hydrogen-bond donors (Lipinski definition) is 1. The van der Waals surface area contributed by atoms with Crippen molar-refractivity contribution in [1.29, 1.82) is 0 Å². The Morgan fingerprint density at radius 2 is 1.69 bits per heavy atom. The number of nitrogens with one attached hydrogen (secondary N) is 1. The normalized spacial score (nSPS) is 10.7. The van der Waals surface area contributed by atoms with E-state index in [0.29, 0.717) is 23.6 Å². The van der Waals surface area contributed by atoms with E-state index < -0.39 is 0 Å². The van der Waals surface area contributed by atoms with Crippen LogP contribution in [0.15, 0.2) is 48.5 Å². The minimum Gasteiger partial charge on any atom is -0.342 e. The van der Waals surface area contributed by atoms with Gasteiger partial charge in [-0.25, -0.2) is 0 Å². The maximum Gasteiger partial charge on any atom is 0.255 e. The molecule has 26 heavy (non-hydrogen) atoms. The zero-order valence-corrected chi connectivity index (χ0v) is 16.1. The van der Waals surface area contributed by atoms with Crippen molar-refractivity contribution in [3.8, 4) is 0 Å². The number of carbonyl (C=O) groups is 2. The van der Waals surface area contributed by atoms with Crippen LogP contribution in [0.1, 0.15) is 65.8 Å². The molecule has 0 saturated heterocycles. The molecule has 0 heterocycles. The van der Waals surface area contributed by atoms with Crippen LogP contribution in [0, 0.1) is 0 Å². The molecule has 0 aliphatic heterocycles. The fraction of sp³-hybridized carbons (Fsp3) is 0.364. The molecule has 0 aliphatic carbocycles. The van der Waals surface area contributed by atoms with E-state index in [0.717, 1.165) is 18.5 Å². The van der Waals surface area contributed by atoms with Gasteiger partial charge >= 0.3 is 0 Å². The second-order valence-corrected chi connectivity index (χ2v) is 6.89. The van der Waals surface area contributed by atoms with Crippen LogP contribution in [0.4, 0.5) is 5.69 Å². The highest BCUT2D eigenvalue weighted by molar-refractivity contribution is 6.06. The molecule has 2 amide bonds. The van der Waals surface area contributed by atoms with Crippen molar-refractivity contribution >= 4 is 17.5 Å². The summed E-state index contributed by atoms with van der Waals surface area (Å²) in [5, 5.41) is 2.89. The number of amides is 2. The van der Waals surface area contributed by atoms with Crippen LogP contribution in [0.2, 0.25) is 0 Å². The van der Waals surface area contributed by atoms with E-state index in [1.165, 1.54) is 5.56 Å². The standard InChI is InChI=1S/C22H28N2O2/c1-5-6-14-24(4)22(26)19-9-7-8-18(15-19)21(25)23-20-12-10-17(11-13-20)16(2)3/h7-13,15-16H,5-6,14H2,1-4H3,(H,23,25). The van der Waals surface area contributed by atoms with Gasteiger partial charge in [-0.05, 0) is 48.2 Å². The monoisotopic (exact) mass is 352 g/mol. The molecule has 0 fully saturated rings. The lowest BCUT2D eigenvalue weighted by Crippen LogP contribution is -2.28. The molecule has 1 N–H and O–H groups in total. The summed E-state index contributed by atoms with van der Waals surface area (Å²) in [7, 11) is 1.79. The number of rotatable bonds is 7. The molecule has 0 aliphatic rings. The minimum atomic E-state index is -0.215. The number of unbranched alkanes of at least 4 members (excludes halogenated alkanes) is 1. The molecule has 0 unspecified atom stereocenters. The van der Waals surface area contributed by atoms with Gasteiger partial charge in [0.25, 0.3) is 11.8 Å². The lowest BCUT2D eigenvalue weighted by atomic mass is 10.0. The number of hydrogen-bond acceptors (Lipinski definition) is 2. The van der Waals surface area contributed by atoms with Crippen molar-refractivity contribution in [2.75, 3.05) is 18.9 Å². The molecule has 0 aromatic heterocycles. The Morgan fingerprint density at radius 3 is 2.31 bits per heavy atom. The Hall–Kier alpha value is -2.62. The Morgan fingerprint density at radius 1 is 1.04 bits per heavy atom.